The maximum Gasteiger partial charge on any atom is 0.157 e. The molecule has 0 amide bonds. The molecule has 2 aromatic rings. The number of hydrogen-bond donors (Lipinski definition) is 1. The van der Waals surface area contributed by atoms with Gasteiger partial charge in [-0.1, -0.05) is 18.3 Å². The quantitative estimate of drug-likeness (QED) is 0.796. The summed E-state index contributed by atoms with van der Waals surface area (Å²) in [4.78, 5) is 12.4. The van der Waals surface area contributed by atoms with Crippen LogP contribution in [0.15, 0.2) is 18.2 Å². The smallest absolute Gasteiger partial charge is 0.157 e. The van der Waals surface area contributed by atoms with Crippen molar-refractivity contribution >= 4 is 12.2 Å². The molecule has 0 saturated heterocycles. The average molecular weight is 257 g/mol. The molecule has 1 aliphatic rings. The highest BCUT2D eigenvalue weighted by Gasteiger charge is 2.14. The van der Waals surface area contributed by atoms with Crippen molar-refractivity contribution < 1.29 is 0 Å². The molecule has 0 unspecified atom stereocenters. The fraction of sp³-hybridized carbons (Fsp3) is 0.357. The van der Waals surface area contributed by atoms with Gasteiger partial charge in [-0.25, -0.2) is 9.97 Å². The Morgan fingerprint density at radius 3 is 2.83 bits per heavy atom. The van der Waals surface area contributed by atoms with Gasteiger partial charge in [-0.2, -0.15) is 0 Å². The van der Waals surface area contributed by atoms with Gasteiger partial charge < -0.3 is 4.98 Å². The summed E-state index contributed by atoms with van der Waals surface area (Å²) >= 11 is 5.40. The third-order valence-electron chi connectivity index (χ3n) is 3.34. The van der Waals surface area contributed by atoms with E-state index < -0.39 is 0 Å². The topological polar surface area (TPSA) is 41.6 Å². The highest BCUT2D eigenvalue weighted by atomic mass is 32.1. The molecule has 0 aliphatic heterocycles. The largest absolute Gasteiger partial charge is 0.342 e. The number of aryl methyl sites for hydroxylation is 2. The van der Waals surface area contributed by atoms with Crippen LogP contribution in [-0.4, -0.2) is 15.0 Å². The minimum atomic E-state index is 0.738. The fourth-order valence-electron chi connectivity index (χ4n) is 2.42. The van der Waals surface area contributed by atoms with Crippen LogP contribution in [0.5, 0.6) is 0 Å². The predicted molar refractivity (Wildman–Crippen MR) is 74.0 cm³/mol. The summed E-state index contributed by atoms with van der Waals surface area (Å²) < 4.78 is 0.738. The average Bonchev–Trinajstić information content (AvgIpc) is 2.39. The number of aromatic nitrogens is 3. The second kappa shape index (κ2) is 4.61. The summed E-state index contributed by atoms with van der Waals surface area (Å²) in [7, 11) is 0. The zero-order valence-corrected chi connectivity index (χ0v) is 11.2. The second-order valence-corrected chi connectivity index (χ2v) is 5.11. The number of nitrogens with one attached hydrogen (secondary N) is 1. The molecular formula is C14H15N3S. The van der Waals surface area contributed by atoms with Gasteiger partial charge in [-0.3, -0.25) is 0 Å². The summed E-state index contributed by atoms with van der Waals surface area (Å²) in [5.74, 6) is 0.796. The second-order valence-electron chi connectivity index (χ2n) is 4.72. The molecule has 2 aromatic heterocycles. The van der Waals surface area contributed by atoms with E-state index in [9.17, 15) is 0 Å². The van der Waals surface area contributed by atoms with Gasteiger partial charge in [0.15, 0.2) is 5.82 Å². The maximum absolute atomic E-state index is 5.40. The zero-order chi connectivity index (χ0) is 12.5. The Morgan fingerprint density at radius 2 is 2.00 bits per heavy atom. The van der Waals surface area contributed by atoms with Crippen LogP contribution in [0.2, 0.25) is 0 Å². The van der Waals surface area contributed by atoms with E-state index in [1.165, 1.54) is 24.1 Å². The molecule has 0 saturated carbocycles. The summed E-state index contributed by atoms with van der Waals surface area (Å²) in [6, 6.07) is 5.95. The van der Waals surface area contributed by atoms with E-state index in [0.717, 1.165) is 34.7 Å². The van der Waals surface area contributed by atoms with Crippen molar-refractivity contribution in [3.8, 4) is 11.5 Å². The lowest BCUT2D eigenvalue weighted by Crippen LogP contribution is -2.09. The van der Waals surface area contributed by atoms with Crippen LogP contribution in [0.4, 0.5) is 0 Å². The molecule has 1 aliphatic carbocycles. The van der Waals surface area contributed by atoms with E-state index in [4.69, 9.17) is 12.2 Å². The van der Waals surface area contributed by atoms with E-state index in [-0.39, 0.29) is 0 Å². The fourth-order valence-corrected chi connectivity index (χ4v) is 2.73. The highest BCUT2D eigenvalue weighted by molar-refractivity contribution is 7.71. The molecular weight excluding hydrogens is 242 g/mol. The number of rotatable bonds is 1. The Morgan fingerprint density at radius 1 is 1.17 bits per heavy atom. The van der Waals surface area contributed by atoms with Gasteiger partial charge in [0.1, 0.15) is 10.3 Å². The number of pyridine rings is 1. The molecule has 92 valence electrons. The van der Waals surface area contributed by atoms with Crippen molar-refractivity contribution in [2.24, 2.45) is 0 Å². The molecule has 1 N–H and O–H groups in total. The van der Waals surface area contributed by atoms with Gasteiger partial charge in [0.25, 0.3) is 0 Å². The molecule has 0 radical (unpaired) electrons. The highest BCUT2D eigenvalue weighted by Crippen LogP contribution is 2.22. The predicted octanol–water partition coefficient (Wildman–Crippen LogP) is 3.39. The first-order valence-electron chi connectivity index (χ1n) is 6.30. The van der Waals surface area contributed by atoms with Crippen molar-refractivity contribution in [2.75, 3.05) is 0 Å². The molecule has 18 heavy (non-hydrogen) atoms. The number of nitrogens with zero attached hydrogens (tertiary/aromatic N) is 2. The summed E-state index contributed by atoms with van der Waals surface area (Å²) in [5.41, 5.74) is 4.34. The first-order chi connectivity index (χ1) is 8.74. The van der Waals surface area contributed by atoms with E-state index in [2.05, 4.69) is 15.0 Å². The first kappa shape index (κ1) is 11.5. The maximum atomic E-state index is 5.40. The Balaban J connectivity index is 2.14. The molecule has 0 aromatic carbocycles. The Bertz CT molecular complexity index is 646. The number of hydrogen-bond acceptors (Lipinski definition) is 3. The molecule has 0 bridgehead atoms. The van der Waals surface area contributed by atoms with E-state index in [1.54, 1.807) is 0 Å². The van der Waals surface area contributed by atoms with Crippen molar-refractivity contribution in [1.82, 2.24) is 15.0 Å². The molecule has 0 fully saturated rings. The Labute approximate surface area is 111 Å². The number of fused-ring (bicyclic) bond motifs is 1. The van der Waals surface area contributed by atoms with Crippen LogP contribution in [0, 0.1) is 11.6 Å². The Kier molecular flexibility index (Phi) is 2.96. The van der Waals surface area contributed by atoms with Crippen LogP contribution >= 0.6 is 12.2 Å². The molecule has 2 heterocycles. The van der Waals surface area contributed by atoms with E-state index >= 15 is 0 Å². The third-order valence-corrected chi connectivity index (χ3v) is 3.68. The van der Waals surface area contributed by atoms with Crippen molar-refractivity contribution in [1.29, 1.82) is 0 Å². The van der Waals surface area contributed by atoms with Gasteiger partial charge in [0.05, 0.1) is 0 Å². The van der Waals surface area contributed by atoms with Crippen LogP contribution in [0.3, 0.4) is 0 Å². The minimum absolute atomic E-state index is 0.738. The van der Waals surface area contributed by atoms with E-state index in [1.807, 2.05) is 25.1 Å². The van der Waals surface area contributed by atoms with Crippen LogP contribution in [0.25, 0.3) is 11.5 Å². The van der Waals surface area contributed by atoms with Crippen molar-refractivity contribution in [3.63, 3.8) is 0 Å². The molecule has 3 nitrogen and oxygen atoms in total. The SMILES string of the molecule is Cc1cccc(-c2nc(=S)c3c([nH]2)CCCC3)n1. The molecule has 3 rings (SSSR count). The van der Waals surface area contributed by atoms with Gasteiger partial charge in [0, 0.05) is 17.0 Å². The monoisotopic (exact) mass is 257 g/mol. The van der Waals surface area contributed by atoms with Gasteiger partial charge in [-0.15, -0.1) is 0 Å². The lowest BCUT2D eigenvalue weighted by molar-refractivity contribution is 0.661. The van der Waals surface area contributed by atoms with Crippen molar-refractivity contribution in [2.45, 2.75) is 32.6 Å². The summed E-state index contributed by atoms with van der Waals surface area (Å²) in [6.07, 6.45) is 4.57. The standard InChI is InChI=1S/C14H15N3S/c1-9-5-4-8-12(15-9)13-16-11-7-3-2-6-10(11)14(18)17-13/h4-5,8H,2-3,6-7H2,1H3,(H,16,17,18). The lowest BCUT2D eigenvalue weighted by atomic mass is 9.97. The normalized spacial score (nSPS) is 14.3. The van der Waals surface area contributed by atoms with Crippen LogP contribution in [0.1, 0.15) is 29.8 Å². The molecule has 0 atom stereocenters. The number of H-pyrrole nitrogens is 1. The lowest BCUT2D eigenvalue weighted by Gasteiger charge is -2.16. The van der Waals surface area contributed by atoms with Crippen molar-refractivity contribution in [3.05, 3.63) is 39.8 Å². The number of aromatic amines is 1. The van der Waals surface area contributed by atoms with Crippen LogP contribution in [-0.2, 0) is 12.8 Å². The molecule has 0 spiro atoms. The van der Waals surface area contributed by atoms with Crippen LogP contribution < -0.4 is 0 Å². The summed E-state index contributed by atoms with van der Waals surface area (Å²) in [6.45, 7) is 1.98. The van der Waals surface area contributed by atoms with Gasteiger partial charge in [-0.05, 0) is 44.7 Å². The zero-order valence-electron chi connectivity index (χ0n) is 10.4. The van der Waals surface area contributed by atoms with Gasteiger partial charge >= 0.3 is 0 Å². The first-order valence-corrected chi connectivity index (χ1v) is 6.71. The molecule has 4 heteroatoms. The van der Waals surface area contributed by atoms with Gasteiger partial charge in [0.2, 0.25) is 0 Å². The van der Waals surface area contributed by atoms with E-state index in [0.29, 0.717) is 0 Å². The minimum Gasteiger partial charge on any atom is -0.342 e. The third kappa shape index (κ3) is 2.08. The Hall–Kier alpha value is -1.55. The summed E-state index contributed by atoms with van der Waals surface area (Å²) in [5, 5.41) is 0.